The van der Waals surface area contributed by atoms with Crippen LogP contribution in [0.1, 0.15) is 25.7 Å². The Kier molecular flexibility index (Phi) is 6.25. The molecule has 0 aromatic heterocycles. The molecule has 0 aliphatic heterocycles. The second-order valence-electron chi connectivity index (χ2n) is 5.19. The van der Waals surface area contributed by atoms with E-state index in [2.05, 4.69) is 32.8 Å². The number of anilines is 1. The van der Waals surface area contributed by atoms with Crippen LogP contribution in [0.25, 0.3) is 0 Å². The van der Waals surface area contributed by atoms with Crippen molar-refractivity contribution in [2.24, 2.45) is 0 Å². The number of nitrogens with zero attached hydrogens (tertiary/aromatic N) is 1. The van der Waals surface area contributed by atoms with Crippen molar-refractivity contribution in [1.82, 2.24) is 4.90 Å². The zero-order valence-corrected chi connectivity index (χ0v) is 13.7. The fourth-order valence-corrected chi connectivity index (χ4v) is 3.28. The summed E-state index contributed by atoms with van der Waals surface area (Å²) in [6, 6.07) is 8.21. The normalized spacial score (nSPS) is 15.8. The van der Waals surface area contributed by atoms with Gasteiger partial charge in [-0.15, -0.1) is 0 Å². The lowest BCUT2D eigenvalue weighted by molar-refractivity contribution is -0.118. The van der Waals surface area contributed by atoms with Crippen LogP contribution in [0.4, 0.5) is 5.69 Å². The molecule has 1 fully saturated rings. The predicted molar refractivity (Wildman–Crippen MR) is 88.7 cm³/mol. The summed E-state index contributed by atoms with van der Waals surface area (Å²) in [6.45, 7) is 1.04. The molecule has 20 heavy (non-hydrogen) atoms. The van der Waals surface area contributed by atoms with Crippen LogP contribution in [0, 0.1) is 3.57 Å². The van der Waals surface area contributed by atoms with Gasteiger partial charge in [-0.2, -0.15) is 0 Å². The topological polar surface area (TPSA) is 52.6 Å². The number of benzene rings is 1. The van der Waals surface area contributed by atoms with Gasteiger partial charge in [-0.3, -0.25) is 9.69 Å². The first-order valence-corrected chi connectivity index (χ1v) is 8.17. The van der Waals surface area contributed by atoms with Crippen molar-refractivity contribution in [1.29, 1.82) is 0 Å². The van der Waals surface area contributed by atoms with Crippen LogP contribution in [-0.4, -0.2) is 41.7 Å². The number of nitrogens with one attached hydrogen (secondary N) is 1. The summed E-state index contributed by atoms with van der Waals surface area (Å²) in [5, 5.41) is 12.1. The first-order valence-electron chi connectivity index (χ1n) is 7.09. The molecule has 1 amide bonds. The molecule has 110 valence electrons. The molecule has 0 saturated heterocycles. The Morgan fingerprint density at radius 3 is 2.80 bits per heavy atom. The largest absolute Gasteiger partial charge is 0.395 e. The summed E-state index contributed by atoms with van der Waals surface area (Å²) in [7, 11) is 0. The SMILES string of the molecule is O=C(CN(CCO)C1CCCC1)Nc1cccc(I)c1. The average Bonchev–Trinajstić information content (AvgIpc) is 2.92. The zero-order valence-electron chi connectivity index (χ0n) is 11.5. The smallest absolute Gasteiger partial charge is 0.238 e. The molecule has 0 atom stereocenters. The van der Waals surface area contributed by atoms with Gasteiger partial charge in [0.05, 0.1) is 13.2 Å². The maximum Gasteiger partial charge on any atom is 0.238 e. The number of carbonyl (C=O) groups excluding carboxylic acids is 1. The minimum atomic E-state index is -0.00708. The molecule has 1 aromatic carbocycles. The first-order chi connectivity index (χ1) is 9.69. The summed E-state index contributed by atoms with van der Waals surface area (Å²) in [6.07, 6.45) is 4.73. The molecule has 1 aliphatic carbocycles. The number of carbonyl (C=O) groups is 1. The Labute approximate surface area is 133 Å². The zero-order chi connectivity index (χ0) is 14.4. The predicted octanol–water partition coefficient (Wildman–Crippen LogP) is 2.47. The number of rotatable bonds is 6. The quantitative estimate of drug-likeness (QED) is 0.737. The summed E-state index contributed by atoms with van der Waals surface area (Å²) in [4.78, 5) is 14.2. The van der Waals surface area contributed by atoms with Crippen molar-refractivity contribution in [2.45, 2.75) is 31.7 Å². The molecule has 0 bridgehead atoms. The molecule has 0 radical (unpaired) electrons. The van der Waals surface area contributed by atoms with E-state index in [1.54, 1.807) is 0 Å². The van der Waals surface area contributed by atoms with E-state index in [9.17, 15) is 4.79 Å². The van der Waals surface area contributed by atoms with Gasteiger partial charge in [0.15, 0.2) is 0 Å². The highest BCUT2D eigenvalue weighted by Gasteiger charge is 2.23. The van der Waals surface area contributed by atoms with Gasteiger partial charge in [-0.05, 0) is 53.6 Å². The Morgan fingerprint density at radius 2 is 2.15 bits per heavy atom. The lowest BCUT2D eigenvalue weighted by atomic mass is 10.2. The fraction of sp³-hybridized carbons (Fsp3) is 0.533. The number of aliphatic hydroxyl groups excluding tert-OH is 1. The molecule has 2 N–H and O–H groups in total. The third-order valence-corrected chi connectivity index (χ3v) is 4.35. The van der Waals surface area contributed by atoms with Crippen LogP contribution in [0.2, 0.25) is 0 Å². The van der Waals surface area contributed by atoms with Gasteiger partial charge < -0.3 is 10.4 Å². The van der Waals surface area contributed by atoms with Crippen molar-refractivity contribution in [3.8, 4) is 0 Å². The van der Waals surface area contributed by atoms with Crippen LogP contribution in [-0.2, 0) is 4.79 Å². The Morgan fingerprint density at radius 1 is 1.40 bits per heavy atom. The van der Waals surface area contributed by atoms with Crippen molar-refractivity contribution in [3.05, 3.63) is 27.8 Å². The van der Waals surface area contributed by atoms with Crippen LogP contribution >= 0.6 is 22.6 Å². The van der Waals surface area contributed by atoms with Gasteiger partial charge in [-0.1, -0.05) is 18.9 Å². The lowest BCUT2D eigenvalue weighted by Crippen LogP contribution is -2.41. The highest BCUT2D eigenvalue weighted by molar-refractivity contribution is 14.1. The second-order valence-corrected chi connectivity index (χ2v) is 6.44. The maximum atomic E-state index is 12.1. The highest BCUT2D eigenvalue weighted by atomic mass is 127. The van der Waals surface area contributed by atoms with Gasteiger partial charge in [-0.25, -0.2) is 0 Å². The van der Waals surface area contributed by atoms with Crippen molar-refractivity contribution >= 4 is 34.2 Å². The molecule has 1 aromatic rings. The molecule has 2 rings (SSSR count). The molecule has 0 spiro atoms. The van der Waals surface area contributed by atoms with Crippen molar-refractivity contribution in [2.75, 3.05) is 25.0 Å². The van der Waals surface area contributed by atoms with Crippen LogP contribution in [0.3, 0.4) is 0 Å². The monoisotopic (exact) mass is 388 g/mol. The molecular formula is C15H21IN2O2. The summed E-state index contributed by atoms with van der Waals surface area (Å²) in [5.41, 5.74) is 0.831. The van der Waals surface area contributed by atoms with Gasteiger partial charge in [0.2, 0.25) is 5.91 Å². The Bertz CT molecular complexity index is 447. The minimum absolute atomic E-state index is 0.00708. The third kappa shape index (κ3) is 4.71. The molecule has 0 unspecified atom stereocenters. The molecule has 4 nitrogen and oxygen atoms in total. The van der Waals surface area contributed by atoms with Gasteiger partial charge in [0.25, 0.3) is 0 Å². The van der Waals surface area contributed by atoms with E-state index in [-0.39, 0.29) is 12.5 Å². The fourth-order valence-electron chi connectivity index (χ4n) is 2.74. The van der Waals surface area contributed by atoms with Crippen molar-refractivity contribution < 1.29 is 9.90 Å². The number of amides is 1. The van der Waals surface area contributed by atoms with E-state index >= 15 is 0 Å². The second kappa shape index (κ2) is 7.95. The summed E-state index contributed by atoms with van der Waals surface area (Å²) in [5.74, 6) is -0.00708. The van der Waals surface area contributed by atoms with E-state index in [1.165, 1.54) is 12.8 Å². The summed E-state index contributed by atoms with van der Waals surface area (Å²) < 4.78 is 1.10. The molecule has 0 heterocycles. The van der Waals surface area contributed by atoms with Crippen LogP contribution < -0.4 is 5.32 Å². The average molecular weight is 388 g/mol. The summed E-state index contributed by atoms with van der Waals surface area (Å²) >= 11 is 2.23. The van der Waals surface area contributed by atoms with Crippen LogP contribution in [0.15, 0.2) is 24.3 Å². The maximum absolute atomic E-state index is 12.1. The molecule has 5 heteroatoms. The lowest BCUT2D eigenvalue weighted by Gasteiger charge is -2.27. The number of hydrogen-bond acceptors (Lipinski definition) is 3. The van der Waals surface area contributed by atoms with Gasteiger partial charge >= 0.3 is 0 Å². The highest BCUT2D eigenvalue weighted by Crippen LogP contribution is 2.23. The Balaban J connectivity index is 1.90. The standard InChI is InChI=1S/C15H21IN2O2/c16-12-4-3-5-13(10-12)17-15(20)11-18(8-9-19)14-6-1-2-7-14/h3-5,10,14,19H,1-2,6-9,11H2,(H,17,20). The van der Waals surface area contributed by atoms with Gasteiger partial charge in [0.1, 0.15) is 0 Å². The van der Waals surface area contributed by atoms with Crippen molar-refractivity contribution in [3.63, 3.8) is 0 Å². The van der Waals surface area contributed by atoms with Gasteiger partial charge in [0, 0.05) is 21.8 Å². The minimum Gasteiger partial charge on any atom is -0.395 e. The third-order valence-electron chi connectivity index (χ3n) is 3.68. The molecule has 1 aliphatic rings. The number of aliphatic hydroxyl groups is 1. The van der Waals surface area contributed by atoms with E-state index in [0.717, 1.165) is 22.1 Å². The van der Waals surface area contributed by atoms with E-state index in [1.807, 2.05) is 24.3 Å². The molecule has 1 saturated carbocycles. The number of hydrogen-bond donors (Lipinski definition) is 2. The van der Waals surface area contributed by atoms with E-state index < -0.39 is 0 Å². The number of halogens is 1. The van der Waals surface area contributed by atoms with E-state index in [0.29, 0.717) is 19.1 Å². The molecular weight excluding hydrogens is 367 g/mol. The van der Waals surface area contributed by atoms with E-state index in [4.69, 9.17) is 5.11 Å². The Hall–Kier alpha value is -0.660. The van der Waals surface area contributed by atoms with Crippen LogP contribution in [0.5, 0.6) is 0 Å². The first kappa shape index (κ1) is 15.7.